The molecule has 5 heteroatoms. The predicted octanol–water partition coefficient (Wildman–Crippen LogP) is 2.91. The van der Waals surface area contributed by atoms with Crippen molar-refractivity contribution >= 4 is 17.7 Å². The van der Waals surface area contributed by atoms with E-state index < -0.39 is 0 Å². The summed E-state index contributed by atoms with van der Waals surface area (Å²) in [4.78, 5) is 27.5. The van der Waals surface area contributed by atoms with Gasteiger partial charge in [-0.2, -0.15) is 0 Å². The van der Waals surface area contributed by atoms with Gasteiger partial charge in [0.15, 0.2) is 0 Å². The third-order valence-electron chi connectivity index (χ3n) is 4.06. The van der Waals surface area contributed by atoms with Gasteiger partial charge in [0.25, 0.3) is 0 Å². The second-order valence-corrected chi connectivity index (χ2v) is 5.62. The van der Waals surface area contributed by atoms with Crippen LogP contribution in [0.3, 0.4) is 0 Å². The fourth-order valence-electron chi connectivity index (χ4n) is 2.92. The molecule has 0 saturated carbocycles. The lowest BCUT2D eigenvalue weighted by molar-refractivity contribution is -0.118. The van der Waals surface area contributed by atoms with Gasteiger partial charge in [0.1, 0.15) is 0 Å². The normalized spacial score (nSPS) is 17.9. The average molecular weight is 304 g/mol. The monoisotopic (exact) mass is 304 g/mol. The largest absolute Gasteiger partial charge is 0.453 e. The van der Waals surface area contributed by atoms with Crippen LogP contribution in [0.1, 0.15) is 26.2 Å². The first kappa shape index (κ1) is 16.3. The maximum absolute atomic E-state index is 12.3. The molecule has 1 heterocycles. The Bertz CT molecular complexity index is 504. The molecule has 1 aliphatic rings. The molecule has 0 radical (unpaired) electrons. The van der Waals surface area contributed by atoms with Crippen molar-refractivity contribution in [3.8, 4) is 0 Å². The minimum atomic E-state index is -0.280. The lowest BCUT2D eigenvalue weighted by Crippen LogP contribution is -2.45. The number of piperidine rings is 1. The number of anilines is 1. The molecule has 5 nitrogen and oxygen atoms in total. The number of methoxy groups -OCH3 is 1. The summed E-state index contributed by atoms with van der Waals surface area (Å²) < 4.78 is 4.80. The summed E-state index contributed by atoms with van der Waals surface area (Å²) in [7, 11) is 1.41. The fraction of sp³-hybridized carbons (Fsp3) is 0.529. The second-order valence-electron chi connectivity index (χ2n) is 5.62. The van der Waals surface area contributed by atoms with E-state index in [1.54, 1.807) is 4.90 Å². The van der Waals surface area contributed by atoms with E-state index in [1.165, 1.54) is 7.11 Å². The van der Waals surface area contributed by atoms with Gasteiger partial charge in [0.2, 0.25) is 5.91 Å². The van der Waals surface area contributed by atoms with Crippen molar-refractivity contribution in [3.63, 3.8) is 0 Å². The Morgan fingerprint density at radius 1 is 1.32 bits per heavy atom. The molecule has 1 aromatic carbocycles. The van der Waals surface area contributed by atoms with Gasteiger partial charge in [-0.15, -0.1) is 0 Å². The molecule has 0 aromatic heterocycles. The van der Waals surface area contributed by atoms with E-state index in [2.05, 4.69) is 0 Å². The van der Waals surface area contributed by atoms with Crippen LogP contribution < -0.4 is 4.90 Å². The number of hydrogen-bond donors (Lipinski definition) is 0. The van der Waals surface area contributed by atoms with Gasteiger partial charge >= 0.3 is 6.09 Å². The molecule has 1 unspecified atom stereocenters. The number of nitrogens with zero attached hydrogens (tertiary/aromatic N) is 2. The van der Waals surface area contributed by atoms with E-state index in [1.807, 2.05) is 42.2 Å². The Kier molecular flexibility index (Phi) is 5.81. The van der Waals surface area contributed by atoms with Crippen molar-refractivity contribution in [2.75, 3.05) is 31.6 Å². The number of rotatable bonds is 4. The fourth-order valence-corrected chi connectivity index (χ4v) is 2.92. The van der Waals surface area contributed by atoms with Crippen molar-refractivity contribution < 1.29 is 14.3 Å². The number of ether oxygens (including phenoxy) is 1. The Labute approximate surface area is 131 Å². The lowest BCUT2D eigenvalue weighted by atomic mass is 9.97. The molecule has 1 fully saturated rings. The zero-order valence-corrected chi connectivity index (χ0v) is 13.3. The topological polar surface area (TPSA) is 49.9 Å². The van der Waals surface area contributed by atoms with Gasteiger partial charge in [0, 0.05) is 31.7 Å². The highest BCUT2D eigenvalue weighted by atomic mass is 16.5. The molecule has 2 amide bonds. The van der Waals surface area contributed by atoms with Crippen molar-refractivity contribution in [1.82, 2.24) is 4.90 Å². The lowest BCUT2D eigenvalue weighted by Gasteiger charge is -2.35. The van der Waals surface area contributed by atoms with E-state index in [0.29, 0.717) is 19.5 Å². The van der Waals surface area contributed by atoms with Crippen LogP contribution in [0, 0.1) is 5.92 Å². The number of para-hydroxylation sites is 1. The summed E-state index contributed by atoms with van der Waals surface area (Å²) in [6.07, 6.45) is 2.16. The van der Waals surface area contributed by atoms with Crippen LogP contribution >= 0.6 is 0 Å². The molecule has 1 aliphatic heterocycles. The van der Waals surface area contributed by atoms with Crippen LogP contribution in [0.2, 0.25) is 0 Å². The van der Waals surface area contributed by atoms with Crippen LogP contribution in [-0.2, 0) is 9.53 Å². The zero-order chi connectivity index (χ0) is 15.9. The molecule has 1 saturated heterocycles. The second kappa shape index (κ2) is 7.82. The van der Waals surface area contributed by atoms with E-state index >= 15 is 0 Å². The third-order valence-corrected chi connectivity index (χ3v) is 4.06. The Morgan fingerprint density at radius 3 is 2.68 bits per heavy atom. The van der Waals surface area contributed by atoms with Crippen LogP contribution in [0.5, 0.6) is 0 Å². The first-order chi connectivity index (χ1) is 10.7. The SMILES string of the molecule is CCC(=O)N(CC1CCCN(C(=O)OC)C1)c1ccccc1. The van der Waals surface area contributed by atoms with Gasteiger partial charge in [-0.25, -0.2) is 4.79 Å². The quantitative estimate of drug-likeness (QED) is 0.859. The van der Waals surface area contributed by atoms with Crippen LogP contribution in [0.25, 0.3) is 0 Å². The average Bonchev–Trinajstić information content (AvgIpc) is 2.59. The summed E-state index contributed by atoms with van der Waals surface area (Å²) >= 11 is 0. The van der Waals surface area contributed by atoms with Crippen molar-refractivity contribution in [2.45, 2.75) is 26.2 Å². The standard InChI is InChI=1S/C17H24N2O3/c1-3-16(20)19(15-9-5-4-6-10-15)13-14-8-7-11-18(12-14)17(21)22-2/h4-6,9-10,14H,3,7-8,11-13H2,1-2H3. The number of hydrogen-bond acceptors (Lipinski definition) is 3. The molecule has 120 valence electrons. The minimum Gasteiger partial charge on any atom is -0.453 e. The van der Waals surface area contributed by atoms with Gasteiger partial charge in [-0.1, -0.05) is 25.1 Å². The number of benzene rings is 1. The Morgan fingerprint density at radius 2 is 2.05 bits per heavy atom. The van der Waals surface area contributed by atoms with Gasteiger partial charge in [-0.3, -0.25) is 4.79 Å². The van der Waals surface area contributed by atoms with Crippen LogP contribution in [-0.4, -0.2) is 43.6 Å². The van der Waals surface area contributed by atoms with E-state index in [4.69, 9.17) is 4.74 Å². The molecule has 0 N–H and O–H groups in total. The summed E-state index contributed by atoms with van der Waals surface area (Å²) in [6.45, 7) is 3.90. The van der Waals surface area contributed by atoms with Gasteiger partial charge in [0.05, 0.1) is 7.11 Å². The predicted molar refractivity (Wildman–Crippen MR) is 85.8 cm³/mol. The van der Waals surface area contributed by atoms with E-state index in [-0.39, 0.29) is 17.9 Å². The van der Waals surface area contributed by atoms with Gasteiger partial charge in [-0.05, 0) is 30.9 Å². The highest BCUT2D eigenvalue weighted by molar-refractivity contribution is 5.93. The summed E-state index contributed by atoms with van der Waals surface area (Å²) in [6, 6.07) is 9.72. The molecule has 0 bridgehead atoms. The van der Waals surface area contributed by atoms with Crippen molar-refractivity contribution in [1.29, 1.82) is 0 Å². The van der Waals surface area contributed by atoms with Crippen LogP contribution in [0.15, 0.2) is 30.3 Å². The van der Waals surface area contributed by atoms with E-state index in [9.17, 15) is 9.59 Å². The number of likely N-dealkylation sites (tertiary alicyclic amines) is 1. The summed E-state index contributed by atoms with van der Waals surface area (Å²) in [5, 5.41) is 0. The Hall–Kier alpha value is -2.04. The third kappa shape index (κ3) is 4.00. The highest BCUT2D eigenvalue weighted by Crippen LogP contribution is 2.22. The molecule has 0 aliphatic carbocycles. The maximum Gasteiger partial charge on any atom is 0.409 e. The first-order valence-corrected chi connectivity index (χ1v) is 7.84. The molecule has 22 heavy (non-hydrogen) atoms. The zero-order valence-electron chi connectivity index (χ0n) is 13.3. The number of amides is 2. The number of carbonyl (C=O) groups is 2. The van der Waals surface area contributed by atoms with Crippen molar-refractivity contribution in [3.05, 3.63) is 30.3 Å². The van der Waals surface area contributed by atoms with Gasteiger partial charge < -0.3 is 14.5 Å². The first-order valence-electron chi connectivity index (χ1n) is 7.84. The smallest absolute Gasteiger partial charge is 0.409 e. The maximum atomic E-state index is 12.3. The highest BCUT2D eigenvalue weighted by Gasteiger charge is 2.27. The molecule has 0 spiro atoms. The Balaban J connectivity index is 2.07. The molecule has 1 atom stereocenters. The molecular formula is C17H24N2O3. The summed E-state index contributed by atoms with van der Waals surface area (Å²) in [5.74, 6) is 0.393. The summed E-state index contributed by atoms with van der Waals surface area (Å²) in [5.41, 5.74) is 0.921. The molecule has 2 rings (SSSR count). The number of carbonyl (C=O) groups excluding carboxylic acids is 2. The minimum absolute atomic E-state index is 0.112. The molecular weight excluding hydrogens is 280 g/mol. The van der Waals surface area contributed by atoms with Crippen molar-refractivity contribution in [2.24, 2.45) is 5.92 Å². The molecule has 1 aromatic rings. The van der Waals surface area contributed by atoms with Crippen LogP contribution in [0.4, 0.5) is 10.5 Å². The van der Waals surface area contributed by atoms with E-state index in [0.717, 1.165) is 25.1 Å².